The van der Waals surface area contributed by atoms with Gasteiger partial charge in [-0.1, -0.05) is 42.0 Å². The molecule has 1 amide bonds. The topological polar surface area (TPSA) is 44.9 Å². The van der Waals surface area contributed by atoms with Crippen LogP contribution in [0.3, 0.4) is 0 Å². The Bertz CT molecular complexity index is 921. The first-order valence-electron chi connectivity index (χ1n) is 7.59. The fraction of sp³-hybridized carbons (Fsp3) is 0.0500. The Morgan fingerprint density at radius 1 is 1.00 bits per heavy atom. The van der Waals surface area contributed by atoms with Crippen molar-refractivity contribution < 1.29 is 4.79 Å². The molecule has 0 atom stereocenters. The minimum atomic E-state index is -0.0605. The van der Waals surface area contributed by atoms with Crippen molar-refractivity contribution in [3.8, 4) is 11.1 Å². The average Bonchev–Trinajstić information content (AvgIpc) is 3.16. The maximum atomic E-state index is 12.4. The van der Waals surface area contributed by atoms with E-state index in [0.29, 0.717) is 5.57 Å². The first kappa shape index (κ1) is 13.6. The first-order chi connectivity index (χ1) is 11.2. The number of rotatable bonds is 2. The number of aromatic nitrogens is 1. The maximum absolute atomic E-state index is 12.4. The molecule has 2 heterocycles. The standard InChI is InChI=1S/C20H16N2O/c1-13-5-2-6-14(11-13)16-8-3-9-18-19(16)17(20(23)22-18)12-15-7-4-10-21-15/h2-12,21H,1H3,(H,22,23)/b17-12-. The zero-order valence-corrected chi connectivity index (χ0v) is 12.8. The van der Waals surface area contributed by atoms with Crippen LogP contribution in [0.25, 0.3) is 22.8 Å². The molecule has 1 aliphatic rings. The highest BCUT2D eigenvalue weighted by molar-refractivity contribution is 6.36. The first-order valence-corrected chi connectivity index (χ1v) is 7.59. The van der Waals surface area contributed by atoms with Gasteiger partial charge in [0.05, 0.1) is 5.57 Å². The molecule has 0 saturated heterocycles. The van der Waals surface area contributed by atoms with Crippen molar-refractivity contribution in [2.45, 2.75) is 6.92 Å². The largest absolute Gasteiger partial charge is 0.362 e. The van der Waals surface area contributed by atoms with Crippen LogP contribution in [0.15, 0.2) is 60.8 Å². The average molecular weight is 300 g/mol. The second kappa shape index (κ2) is 5.29. The number of anilines is 1. The Morgan fingerprint density at radius 2 is 1.87 bits per heavy atom. The summed E-state index contributed by atoms with van der Waals surface area (Å²) in [7, 11) is 0. The molecule has 112 valence electrons. The third-order valence-electron chi connectivity index (χ3n) is 4.08. The second-order valence-electron chi connectivity index (χ2n) is 5.74. The third-order valence-corrected chi connectivity index (χ3v) is 4.08. The van der Waals surface area contributed by atoms with Crippen LogP contribution in [-0.4, -0.2) is 10.9 Å². The Hall–Kier alpha value is -3.07. The number of carbonyl (C=O) groups is 1. The SMILES string of the molecule is Cc1cccc(-c2cccc3c2/C(=C/c2ccc[nH]2)C(=O)N3)c1. The van der Waals surface area contributed by atoms with Gasteiger partial charge in [-0.2, -0.15) is 0 Å². The fourth-order valence-corrected chi connectivity index (χ4v) is 3.03. The van der Waals surface area contributed by atoms with Crippen LogP contribution in [0.2, 0.25) is 0 Å². The Labute approximate surface area is 134 Å². The van der Waals surface area contributed by atoms with Gasteiger partial charge in [-0.05, 0) is 42.3 Å². The second-order valence-corrected chi connectivity index (χ2v) is 5.74. The Morgan fingerprint density at radius 3 is 2.65 bits per heavy atom. The van der Waals surface area contributed by atoms with Gasteiger partial charge in [0.1, 0.15) is 0 Å². The van der Waals surface area contributed by atoms with Crippen molar-refractivity contribution in [3.63, 3.8) is 0 Å². The molecule has 23 heavy (non-hydrogen) atoms. The summed E-state index contributed by atoms with van der Waals surface area (Å²) in [6.07, 6.45) is 3.76. The number of aryl methyl sites for hydroxylation is 1. The predicted octanol–water partition coefficient (Wildman–Crippen LogP) is 4.48. The van der Waals surface area contributed by atoms with Crippen LogP contribution in [0.4, 0.5) is 5.69 Å². The lowest BCUT2D eigenvalue weighted by atomic mass is 9.93. The van der Waals surface area contributed by atoms with Crippen molar-refractivity contribution in [1.82, 2.24) is 4.98 Å². The molecule has 0 aliphatic carbocycles. The van der Waals surface area contributed by atoms with Crippen LogP contribution >= 0.6 is 0 Å². The smallest absolute Gasteiger partial charge is 0.256 e. The van der Waals surface area contributed by atoms with Crippen LogP contribution in [0.1, 0.15) is 16.8 Å². The van der Waals surface area contributed by atoms with Gasteiger partial charge in [-0.25, -0.2) is 0 Å². The summed E-state index contributed by atoms with van der Waals surface area (Å²) in [5.41, 5.74) is 6.84. The quantitative estimate of drug-likeness (QED) is 0.673. The van der Waals surface area contributed by atoms with E-state index in [0.717, 1.165) is 28.1 Å². The van der Waals surface area contributed by atoms with Gasteiger partial charge in [-0.15, -0.1) is 0 Å². The van der Waals surface area contributed by atoms with E-state index in [2.05, 4.69) is 41.5 Å². The molecule has 1 aromatic heterocycles. The zero-order valence-electron chi connectivity index (χ0n) is 12.8. The normalized spacial score (nSPS) is 14.8. The number of amides is 1. The van der Waals surface area contributed by atoms with Gasteiger partial charge in [0.2, 0.25) is 0 Å². The minimum Gasteiger partial charge on any atom is -0.362 e. The highest BCUT2D eigenvalue weighted by atomic mass is 16.2. The lowest BCUT2D eigenvalue weighted by Crippen LogP contribution is -2.03. The van der Waals surface area contributed by atoms with Gasteiger partial charge in [0, 0.05) is 23.1 Å². The lowest BCUT2D eigenvalue weighted by molar-refractivity contribution is -0.110. The predicted molar refractivity (Wildman–Crippen MR) is 93.9 cm³/mol. The Balaban J connectivity index is 1.93. The summed E-state index contributed by atoms with van der Waals surface area (Å²) < 4.78 is 0. The highest BCUT2D eigenvalue weighted by Crippen LogP contribution is 2.40. The molecule has 3 nitrogen and oxygen atoms in total. The fourth-order valence-electron chi connectivity index (χ4n) is 3.03. The number of aromatic amines is 1. The van der Waals surface area contributed by atoms with E-state index >= 15 is 0 Å². The van der Waals surface area contributed by atoms with E-state index in [-0.39, 0.29) is 5.91 Å². The van der Waals surface area contributed by atoms with E-state index in [1.807, 2.05) is 42.6 Å². The summed E-state index contributed by atoms with van der Waals surface area (Å²) in [5.74, 6) is -0.0605. The molecule has 2 N–H and O–H groups in total. The van der Waals surface area contributed by atoms with E-state index in [9.17, 15) is 4.79 Å². The number of nitrogens with one attached hydrogen (secondary N) is 2. The highest BCUT2D eigenvalue weighted by Gasteiger charge is 2.27. The van der Waals surface area contributed by atoms with Gasteiger partial charge >= 0.3 is 0 Å². The van der Waals surface area contributed by atoms with Crippen LogP contribution < -0.4 is 5.32 Å². The molecule has 0 fully saturated rings. The number of fused-ring (bicyclic) bond motifs is 1. The minimum absolute atomic E-state index is 0.0605. The molecule has 4 rings (SSSR count). The molecule has 0 radical (unpaired) electrons. The molecular weight excluding hydrogens is 284 g/mol. The van der Waals surface area contributed by atoms with E-state index in [4.69, 9.17) is 0 Å². The van der Waals surface area contributed by atoms with E-state index < -0.39 is 0 Å². The van der Waals surface area contributed by atoms with Crippen molar-refractivity contribution in [3.05, 3.63) is 77.6 Å². The van der Waals surface area contributed by atoms with E-state index in [1.54, 1.807) is 0 Å². The molecule has 0 saturated carbocycles. The number of H-pyrrole nitrogens is 1. The van der Waals surface area contributed by atoms with Crippen LogP contribution in [0.5, 0.6) is 0 Å². The number of carbonyl (C=O) groups excluding carboxylic acids is 1. The molecule has 2 aromatic carbocycles. The summed E-state index contributed by atoms with van der Waals surface area (Å²) in [6.45, 7) is 2.08. The summed E-state index contributed by atoms with van der Waals surface area (Å²) in [6, 6.07) is 18.2. The number of benzene rings is 2. The molecule has 3 aromatic rings. The summed E-state index contributed by atoms with van der Waals surface area (Å²) >= 11 is 0. The molecule has 0 unspecified atom stereocenters. The molecular formula is C20H16N2O. The van der Waals surface area contributed by atoms with E-state index in [1.165, 1.54) is 5.56 Å². The van der Waals surface area contributed by atoms with Crippen LogP contribution in [0, 0.1) is 6.92 Å². The third kappa shape index (κ3) is 2.36. The number of hydrogen-bond donors (Lipinski definition) is 2. The summed E-state index contributed by atoms with van der Waals surface area (Å²) in [4.78, 5) is 15.5. The monoisotopic (exact) mass is 300 g/mol. The van der Waals surface area contributed by atoms with Crippen LogP contribution in [-0.2, 0) is 4.79 Å². The Kier molecular flexibility index (Phi) is 3.12. The maximum Gasteiger partial charge on any atom is 0.256 e. The molecule has 0 bridgehead atoms. The lowest BCUT2D eigenvalue weighted by Gasteiger charge is -2.09. The van der Waals surface area contributed by atoms with Gasteiger partial charge < -0.3 is 10.3 Å². The van der Waals surface area contributed by atoms with Crippen molar-refractivity contribution >= 4 is 23.2 Å². The van der Waals surface area contributed by atoms with Gasteiger partial charge in [0.15, 0.2) is 0 Å². The van der Waals surface area contributed by atoms with Gasteiger partial charge in [0.25, 0.3) is 5.91 Å². The summed E-state index contributed by atoms with van der Waals surface area (Å²) in [5, 5.41) is 2.96. The number of hydrogen-bond acceptors (Lipinski definition) is 1. The van der Waals surface area contributed by atoms with Crippen molar-refractivity contribution in [1.29, 1.82) is 0 Å². The molecule has 0 spiro atoms. The van der Waals surface area contributed by atoms with Crippen molar-refractivity contribution in [2.75, 3.05) is 5.32 Å². The van der Waals surface area contributed by atoms with Gasteiger partial charge in [-0.3, -0.25) is 4.79 Å². The molecule has 1 aliphatic heterocycles. The zero-order chi connectivity index (χ0) is 15.8. The molecule has 3 heteroatoms. The van der Waals surface area contributed by atoms with Crippen molar-refractivity contribution in [2.24, 2.45) is 0 Å².